The predicted octanol–water partition coefficient (Wildman–Crippen LogP) is 5.58. The zero-order valence-electron chi connectivity index (χ0n) is 15.6. The van der Waals surface area contributed by atoms with Crippen LogP contribution in [0.25, 0.3) is 0 Å². The summed E-state index contributed by atoms with van der Waals surface area (Å²) in [5, 5.41) is 0. The summed E-state index contributed by atoms with van der Waals surface area (Å²) in [6, 6.07) is 0. The van der Waals surface area contributed by atoms with Crippen LogP contribution in [-0.2, 0) is 14.5 Å². The average molecular weight is 319 g/mol. The molecule has 0 saturated carbocycles. The van der Waals surface area contributed by atoms with E-state index in [0.29, 0.717) is 19.8 Å². The second-order valence-electron chi connectivity index (χ2n) is 5.77. The summed E-state index contributed by atoms with van der Waals surface area (Å²) in [5.74, 6) is 0. The van der Waals surface area contributed by atoms with Gasteiger partial charge in [-0.2, -0.15) is 0 Å². The fourth-order valence-corrected chi connectivity index (χ4v) is 2.69. The highest BCUT2D eigenvalue weighted by molar-refractivity contribution is 4.46. The molecular formula is C18H40NO3+. The van der Waals surface area contributed by atoms with Crippen molar-refractivity contribution in [1.29, 1.82) is 0 Å². The number of unbranched alkanes of at least 4 members (excludes halogenated alkanes) is 9. The van der Waals surface area contributed by atoms with E-state index >= 15 is 0 Å². The highest BCUT2D eigenvalue weighted by atomic mass is 17.2. The fourth-order valence-electron chi connectivity index (χ4n) is 2.69. The third-order valence-corrected chi connectivity index (χ3v) is 3.76. The van der Waals surface area contributed by atoms with E-state index in [1.54, 1.807) is 0 Å². The minimum absolute atomic E-state index is 0.0967. The summed E-state index contributed by atoms with van der Waals surface area (Å²) < 4.78 is 0. The second-order valence-corrected chi connectivity index (χ2v) is 5.77. The molecule has 0 bridgehead atoms. The van der Waals surface area contributed by atoms with Gasteiger partial charge >= 0.3 is 0 Å². The molecule has 0 aromatic heterocycles. The van der Waals surface area contributed by atoms with Gasteiger partial charge in [0, 0.05) is 6.42 Å². The van der Waals surface area contributed by atoms with E-state index in [-0.39, 0.29) is 4.97 Å². The number of nitrogens with zero attached hydrogens (tertiary/aromatic N) is 1. The molecule has 134 valence electrons. The smallest absolute Gasteiger partial charge is 0.132 e. The average Bonchev–Trinajstić information content (AvgIpc) is 2.50. The largest absolute Gasteiger partial charge is 0.178 e. The van der Waals surface area contributed by atoms with Crippen LogP contribution in [-0.4, -0.2) is 31.3 Å². The maximum Gasteiger partial charge on any atom is 0.178 e. The molecule has 0 aliphatic rings. The minimum atomic E-state index is -0.0967. The number of hydroxylamine groups is 3. The molecule has 0 unspecified atom stereocenters. The monoisotopic (exact) mass is 318 g/mol. The van der Waals surface area contributed by atoms with Crippen molar-refractivity contribution in [2.75, 3.05) is 26.4 Å². The predicted molar refractivity (Wildman–Crippen MR) is 91.8 cm³/mol. The molecular weight excluding hydrogens is 278 g/mol. The molecule has 0 heterocycles. The van der Waals surface area contributed by atoms with Crippen LogP contribution in [0.5, 0.6) is 0 Å². The molecule has 4 nitrogen and oxygen atoms in total. The number of quaternary nitrogens is 1. The third-order valence-electron chi connectivity index (χ3n) is 3.76. The number of hydrogen-bond donors (Lipinski definition) is 0. The van der Waals surface area contributed by atoms with Gasteiger partial charge in [0.1, 0.15) is 19.8 Å². The van der Waals surface area contributed by atoms with Gasteiger partial charge in [-0.25, -0.2) is 0 Å². The zero-order chi connectivity index (χ0) is 16.5. The Morgan fingerprint density at radius 3 is 1.23 bits per heavy atom. The van der Waals surface area contributed by atoms with E-state index in [2.05, 4.69) is 6.92 Å². The lowest BCUT2D eigenvalue weighted by Crippen LogP contribution is -2.48. The first-order valence-corrected chi connectivity index (χ1v) is 9.56. The highest BCUT2D eigenvalue weighted by Crippen LogP contribution is 2.16. The summed E-state index contributed by atoms with van der Waals surface area (Å²) in [4.78, 5) is 17.0. The Morgan fingerprint density at radius 1 is 0.500 bits per heavy atom. The van der Waals surface area contributed by atoms with Crippen LogP contribution in [0.1, 0.15) is 91.9 Å². The van der Waals surface area contributed by atoms with Crippen LogP contribution < -0.4 is 0 Å². The second kappa shape index (κ2) is 15.7. The standard InChI is InChI=1S/C18H40NO3/c1-5-9-10-11-12-13-14-15-16-17-18-19(20-6-2,21-7-3)22-8-4/h5-18H2,1-4H3/q+1. The number of rotatable bonds is 17. The van der Waals surface area contributed by atoms with E-state index in [9.17, 15) is 0 Å². The van der Waals surface area contributed by atoms with Gasteiger partial charge in [-0.05, 0) is 27.2 Å². The highest BCUT2D eigenvalue weighted by Gasteiger charge is 2.33. The lowest BCUT2D eigenvalue weighted by molar-refractivity contribution is -1.37. The summed E-state index contributed by atoms with van der Waals surface area (Å²) in [5.41, 5.74) is 0. The van der Waals surface area contributed by atoms with Crippen LogP contribution >= 0.6 is 0 Å². The van der Waals surface area contributed by atoms with Crippen LogP contribution in [0.2, 0.25) is 0 Å². The molecule has 0 spiro atoms. The number of hydrogen-bond acceptors (Lipinski definition) is 3. The molecule has 0 aromatic carbocycles. The molecule has 0 aromatic rings. The zero-order valence-corrected chi connectivity index (χ0v) is 15.6. The van der Waals surface area contributed by atoms with Gasteiger partial charge in [-0.3, -0.25) is 0 Å². The Hall–Kier alpha value is -0.160. The Balaban J connectivity index is 3.70. The van der Waals surface area contributed by atoms with Crippen LogP contribution in [0.15, 0.2) is 0 Å². The van der Waals surface area contributed by atoms with Gasteiger partial charge in [-0.15, -0.1) is 14.5 Å². The van der Waals surface area contributed by atoms with E-state index in [0.717, 1.165) is 13.0 Å². The Kier molecular flexibility index (Phi) is 15.6. The summed E-state index contributed by atoms with van der Waals surface area (Å²) in [6.07, 6.45) is 13.3. The Labute approximate surface area is 138 Å². The molecule has 0 N–H and O–H groups in total. The van der Waals surface area contributed by atoms with E-state index in [4.69, 9.17) is 14.5 Å². The maximum atomic E-state index is 5.69. The Morgan fingerprint density at radius 2 is 0.864 bits per heavy atom. The van der Waals surface area contributed by atoms with Crippen LogP contribution in [0, 0.1) is 0 Å². The third kappa shape index (κ3) is 11.4. The fraction of sp³-hybridized carbons (Fsp3) is 1.00. The van der Waals surface area contributed by atoms with Gasteiger partial charge in [0.2, 0.25) is 0 Å². The minimum Gasteiger partial charge on any atom is -0.132 e. The summed E-state index contributed by atoms with van der Waals surface area (Å²) >= 11 is 0. The van der Waals surface area contributed by atoms with Gasteiger partial charge in [0.15, 0.2) is 6.54 Å². The quantitative estimate of drug-likeness (QED) is 0.199. The van der Waals surface area contributed by atoms with Crippen LogP contribution in [0.3, 0.4) is 0 Å². The Bertz CT molecular complexity index is 207. The van der Waals surface area contributed by atoms with Crippen molar-refractivity contribution in [3.8, 4) is 0 Å². The molecule has 4 heteroatoms. The van der Waals surface area contributed by atoms with Gasteiger partial charge in [0.05, 0.1) is 4.97 Å². The first-order chi connectivity index (χ1) is 10.7. The van der Waals surface area contributed by atoms with Crippen LogP contribution in [0.4, 0.5) is 0 Å². The van der Waals surface area contributed by atoms with Crippen molar-refractivity contribution in [2.45, 2.75) is 91.9 Å². The molecule has 22 heavy (non-hydrogen) atoms. The molecule has 0 saturated heterocycles. The molecule has 0 amide bonds. The first kappa shape index (κ1) is 21.8. The first-order valence-electron chi connectivity index (χ1n) is 9.56. The molecule has 0 rings (SSSR count). The van der Waals surface area contributed by atoms with Crippen molar-refractivity contribution in [1.82, 2.24) is 0 Å². The normalized spacial score (nSPS) is 12.0. The summed E-state index contributed by atoms with van der Waals surface area (Å²) in [7, 11) is 0. The molecule has 0 aliphatic carbocycles. The lowest BCUT2D eigenvalue weighted by Gasteiger charge is -2.28. The van der Waals surface area contributed by atoms with E-state index in [1.165, 1.54) is 57.8 Å². The van der Waals surface area contributed by atoms with Gasteiger partial charge < -0.3 is 0 Å². The van der Waals surface area contributed by atoms with E-state index in [1.807, 2.05) is 20.8 Å². The maximum absolute atomic E-state index is 5.69. The van der Waals surface area contributed by atoms with Crippen molar-refractivity contribution in [3.05, 3.63) is 0 Å². The van der Waals surface area contributed by atoms with Gasteiger partial charge in [-0.1, -0.05) is 58.3 Å². The lowest BCUT2D eigenvalue weighted by atomic mass is 10.1. The molecule has 0 fully saturated rings. The summed E-state index contributed by atoms with van der Waals surface area (Å²) in [6.45, 7) is 10.8. The topological polar surface area (TPSA) is 27.7 Å². The van der Waals surface area contributed by atoms with Gasteiger partial charge in [0.25, 0.3) is 0 Å². The van der Waals surface area contributed by atoms with Crippen molar-refractivity contribution in [3.63, 3.8) is 0 Å². The molecule has 0 radical (unpaired) electrons. The molecule has 0 aliphatic heterocycles. The van der Waals surface area contributed by atoms with Crippen molar-refractivity contribution >= 4 is 0 Å². The SMILES string of the molecule is CCCCCCCCCCCC[N+](OCC)(OCC)OCC. The van der Waals surface area contributed by atoms with Crippen molar-refractivity contribution < 1.29 is 19.5 Å². The molecule has 0 atom stereocenters. The van der Waals surface area contributed by atoms with E-state index < -0.39 is 0 Å². The van der Waals surface area contributed by atoms with Crippen molar-refractivity contribution in [2.24, 2.45) is 0 Å².